The molecule has 0 atom stereocenters. The number of carbonyl (C=O) groups is 1. The zero-order valence-electron chi connectivity index (χ0n) is 10.2. The van der Waals surface area contributed by atoms with Gasteiger partial charge in [-0.1, -0.05) is 31.1 Å². The van der Waals surface area contributed by atoms with E-state index in [1.54, 1.807) is 0 Å². The molecule has 0 unspecified atom stereocenters. The highest BCUT2D eigenvalue weighted by atomic mass is 79.9. The van der Waals surface area contributed by atoms with Gasteiger partial charge in [0.15, 0.2) is 0 Å². The standard InChI is InChI=1S/C13H14Br2N2OS/c14-8-4-3-5-9(15)10(8)17-12(18)13(11(16)19)6-1-2-7-13/h3-5H,1-2,6-7H2,(H2,16,19)(H,17,18). The molecule has 1 fully saturated rings. The monoisotopic (exact) mass is 404 g/mol. The number of anilines is 1. The van der Waals surface area contributed by atoms with Crippen molar-refractivity contribution >= 4 is 60.7 Å². The van der Waals surface area contributed by atoms with E-state index in [0.717, 1.165) is 40.3 Å². The summed E-state index contributed by atoms with van der Waals surface area (Å²) in [5, 5.41) is 2.94. The van der Waals surface area contributed by atoms with Gasteiger partial charge < -0.3 is 11.1 Å². The van der Waals surface area contributed by atoms with Gasteiger partial charge >= 0.3 is 0 Å². The van der Waals surface area contributed by atoms with Crippen LogP contribution in [0.25, 0.3) is 0 Å². The van der Waals surface area contributed by atoms with Crippen molar-refractivity contribution in [1.29, 1.82) is 0 Å². The van der Waals surface area contributed by atoms with Crippen LogP contribution in [-0.4, -0.2) is 10.9 Å². The molecule has 0 spiro atoms. The fourth-order valence-electron chi connectivity index (χ4n) is 2.41. The van der Waals surface area contributed by atoms with Gasteiger partial charge in [0.05, 0.1) is 16.1 Å². The molecule has 1 aliphatic rings. The zero-order valence-corrected chi connectivity index (χ0v) is 14.2. The minimum absolute atomic E-state index is 0.106. The lowest BCUT2D eigenvalue weighted by atomic mass is 9.85. The van der Waals surface area contributed by atoms with Gasteiger partial charge in [-0.2, -0.15) is 0 Å². The summed E-state index contributed by atoms with van der Waals surface area (Å²) in [5.74, 6) is -0.106. The number of para-hydroxylation sites is 1. The molecule has 1 aliphatic carbocycles. The summed E-state index contributed by atoms with van der Waals surface area (Å²) in [4.78, 5) is 12.9. The molecule has 3 nitrogen and oxygen atoms in total. The Labute approximate surface area is 134 Å². The third kappa shape index (κ3) is 2.85. The molecule has 1 amide bonds. The van der Waals surface area contributed by atoms with Gasteiger partial charge in [-0.05, 0) is 56.8 Å². The molecular weight excluding hydrogens is 392 g/mol. The quantitative estimate of drug-likeness (QED) is 0.747. The number of halogens is 2. The first kappa shape index (κ1) is 14.9. The van der Waals surface area contributed by atoms with Crippen LogP contribution in [0.1, 0.15) is 25.7 Å². The first-order chi connectivity index (χ1) is 8.97. The van der Waals surface area contributed by atoms with E-state index in [2.05, 4.69) is 37.2 Å². The molecule has 1 aromatic rings. The van der Waals surface area contributed by atoms with E-state index in [-0.39, 0.29) is 5.91 Å². The molecule has 1 saturated carbocycles. The lowest BCUT2D eigenvalue weighted by molar-refractivity contribution is -0.122. The maximum absolute atomic E-state index is 12.6. The minimum Gasteiger partial charge on any atom is -0.392 e. The van der Waals surface area contributed by atoms with E-state index in [9.17, 15) is 4.79 Å². The second-order valence-corrected chi connectivity index (χ2v) is 6.85. The van der Waals surface area contributed by atoms with Crippen LogP contribution in [0.2, 0.25) is 0 Å². The molecule has 0 aromatic heterocycles. The van der Waals surface area contributed by atoms with Crippen LogP contribution in [0, 0.1) is 5.41 Å². The molecule has 0 heterocycles. The number of benzene rings is 1. The van der Waals surface area contributed by atoms with Gasteiger partial charge in [0.1, 0.15) is 0 Å². The maximum Gasteiger partial charge on any atom is 0.237 e. The summed E-state index contributed by atoms with van der Waals surface area (Å²) >= 11 is 12.0. The summed E-state index contributed by atoms with van der Waals surface area (Å²) < 4.78 is 1.65. The van der Waals surface area contributed by atoms with Crippen molar-refractivity contribution in [3.63, 3.8) is 0 Å². The zero-order chi connectivity index (χ0) is 14.0. The Balaban J connectivity index is 2.28. The Morgan fingerprint density at radius 1 is 1.26 bits per heavy atom. The third-order valence-corrected chi connectivity index (χ3v) is 5.28. The molecule has 0 aliphatic heterocycles. The lowest BCUT2D eigenvalue weighted by Crippen LogP contribution is -2.44. The summed E-state index contributed by atoms with van der Waals surface area (Å²) in [6.45, 7) is 0. The molecule has 6 heteroatoms. The first-order valence-electron chi connectivity index (χ1n) is 6.03. The second-order valence-electron chi connectivity index (χ2n) is 4.70. The fraction of sp³-hybridized carbons (Fsp3) is 0.385. The van der Waals surface area contributed by atoms with Crippen molar-refractivity contribution in [2.24, 2.45) is 11.1 Å². The van der Waals surface area contributed by atoms with Gasteiger partial charge in [0.25, 0.3) is 0 Å². The van der Waals surface area contributed by atoms with Crippen LogP contribution in [0.3, 0.4) is 0 Å². The van der Waals surface area contributed by atoms with E-state index in [1.165, 1.54) is 0 Å². The highest BCUT2D eigenvalue weighted by Crippen LogP contribution is 2.41. The molecule has 0 bridgehead atoms. The molecule has 19 heavy (non-hydrogen) atoms. The topological polar surface area (TPSA) is 55.1 Å². The van der Waals surface area contributed by atoms with Gasteiger partial charge in [0.2, 0.25) is 5.91 Å². The van der Waals surface area contributed by atoms with Gasteiger partial charge in [-0.3, -0.25) is 4.79 Å². The van der Waals surface area contributed by atoms with E-state index in [4.69, 9.17) is 18.0 Å². The van der Waals surface area contributed by atoms with Gasteiger partial charge in [-0.15, -0.1) is 0 Å². The van der Waals surface area contributed by atoms with Crippen molar-refractivity contribution in [3.05, 3.63) is 27.1 Å². The fourth-order valence-corrected chi connectivity index (χ4v) is 3.91. The van der Waals surface area contributed by atoms with Crippen LogP contribution in [-0.2, 0) is 4.79 Å². The maximum atomic E-state index is 12.6. The van der Waals surface area contributed by atoms with Crippen molar-refractivity contribution in [1.82, 2.24) is 0 Å². The number of carbonyl (C=O) groups excluding carboxylic acids is 1. The van der Waals surface area contributed by atoms with E-state index in [1.807, 2.05) is 18.2 Å². The molecule has 0 saturated heterocycles. The number of rotatable bonds is 3. The number of nitrogens with two attached hydrogens (primary N) is 1. The Morgan fingerprint density at radius 2 is 1.79 bits per heavy atom. The van der Waals surface area contributed by atoms with Crippen molar-refractivity contribution in [3.8, 4) is 0 Å². The van der Waals surface area contributed by atoms with Crippen molar-refractivity contribution in [2.75, 3.05) is 5.32 Å². The highest BCUT2D eigenvalue weighted by Gasteiger charge is 2.44. The molecule has 3 N–H and O–H groups in total. The molecule has 0 radical (unpaired) electrons. The molecule has 2 rings (SSSR count). The van der Waals surface area contributed by atoms with Crippen LogP contribution in [0.4, 0.5) is 5.69 Å². The Kier molecular flexibility index (Phi) is 4.63. The first-order valence-corrected chi connectivity index (χ1v) is 8.02. The smallest absolute Gasteiger partial charge is 0.237 e. The number of amides is 1. The largest absolute Gasteiger partial charge is 0.392 e. The average molecular weight is 406 g/mol. The number of thiocarbonyl (C=S) groups is 1. The normalized spacial score (nSPS) is 17.2. The predicted molar refractivity (Wildman–Crippen MR) is 88.2 cm³/mol. The summed E-state index contributed by atoms with van der Waals surface area (Å²) in [5.41, 5.74) is 5.84. The lowest BCUT2D eigenvalue weighted by Gasteiger charge is -2.26. The van der Waals surface area contributed by atoms with Crippen LogP contribution in [0.5, 0.6) is 0 Å². The van der Waals surface area contributed by atoms with Crippen LogP contribution < -0.4 is 11.1 Å². The summed E-state index contributed by atoms with van der Waals surface area (Å²) in [7, 11) is 0. The Bertz CT molecular complexity index is 507. The minimum atomic E-state index is -0.690. The van der Waals surface area contributed by atoms with Crippen molar-refractivity contribution < 1.29 is 4.79 Å². The Hall–Kier alpha value is -0.460. The van der Waals surface area contributed by atoms with E-state index in [0.29, 0.717) is 4.99 Å². The van der Waals surface area contributed by atoms with Gasteiger partial charge in [0, 0.05) is 8.95 Å². The average Bonchev–Trinajstić information content (AvgIpc) is 2.84. The number of hydrogen-bond donors (Lipinski definition) is 2. The van der Waals surface area contributed by atoms with Crippen LogP contribution >= 0.6 is 44.1 Å². The van der Waals surface area contributed by atoms with Gasteiger partial charge in [-0.25, -0.2) is 0 Å². The molecular formula is C13H14Br2N2OS. The molecule has 102 valence electrons. The Morgan fingerprint density at radius 3 is 2.26 bits per heavy atom. The van der Waals surface area contributed by atoms with E-state index >= 15 is 0 Å². The third-order valence-electron chi connectivity index (χ3n) is 3.56. The SMILES string of the molecule is NC(=S)C1(C(=O)Nc2c(Br)cccc2Br)CCCC1. The second kappa shape index (κ2) is 5.89. The summed E-state index contributed by atoms with van der Waals surface area (Å²) in [6, 6.07) is 5.65. The van der Waals surface area contributed by atoms with Crippen molar-refractivity contribution in [2.45, 2.75) is 25.7 Å². The number of nitrogens with one attached hydrogen (secondary N) is 1. The van der Waals surface area contributed by atoms with Crippen LogP contribution in [0.15, 0.2) is 27.1 Å². The molecule has 1 aromatic carbocycles. The number of hydrogen-bond acceptors (Lipinski definition) is 2. The predicted octanol–water partition coefficient (Wildman–Crippen LogP) is 4.00. The summed E-state index contributed by atoms with van der Waals surface area (Å²) in [6.07, 6.45) is 3.44. The van der Waals surface area contributed by atoms with E-state index < -0.39 is 5.41 Å². The highest BCUT2D eigenvalue weighted by molar-refractivity contribution is 9.11.